The SMILES string of the molecule is CCCCSc1ccc2c(c1)C(=O)C(c1ccc3c(CN4C(=O)c5ccccc5C4O)ccc(N4C(=O)c5ccc(SCCCC)cc5C4=O)c3n1)C2=O. The van der Waals surface area contributed by atoms with Crippen LogP contribution in [0.5, 0.6) is 0 Å². The first-order chi connectivity index (χ1) is 26.2. The van der Waals surface area contributed by atoms with Crippen molar-refractivity contribution in [2.45, 2.75) is 68.0 Å². The molecule has 0 bridgehead atoms. The highest BCUT2D eigenvalue weighted by molar-refractivity contribution is 7.99. The lowest BCUT2D eigenvalue weighted by Gasteiger charge is -2.23. The van der Waals surface area contributed by atoms with Crippen LogP contribution < -0.4 is 4.90 Å². The number of carbonyl (C=O) groups excluding carboxylic acids is 5. The van der Waals surface area contributed by atoms with Crippen molar-refractivity contribution in [3.63, 3.8) is 0 Å². The van der Waals surface area contributed by atoms with Crippen LogP contribution in [0.2, 0.25) is 0 Å². The van der Waals surface area contributed by atoms with E-state index in [2.05, 4.69) is 13.8 Å². The van der Waals surface area contributed by atoms with Gasteiger partial charge in [-0.3, -0.25) is 24.0 Å². The molecular formula is C43H37N3O6S2. The molecule has 1 N–H and O–H groups in total. The minimum Gasteiger partial charge on any atom is -0.369 e. The van der Waals surface area contributed by atoms with E-state index in [0.717, 1.165) is 51.9 Å². The molecule has 3 aliphatic rings. The summed E-state index contributed by atoms with van der Waals surface area (Å²) in [6, 6.07) is 24.2. The van der Waals surface area contributed by atoms with Crippen LogP contribution in [0.4, 0.5) is 5.69 Å². The number of anilines is 1. The number of ketones is 2. The second kappa shape index (κ2) is 14.6. The van der Waals surface area contributed by atoms with Gasteiger partial charge >= 0.3 is 0 Å². The Labute approximate surface area is 321 Å². The van der Waals surface area contributed by atoms with E-state index in [4.69, 9.17) is 4.98 Å². The number of rotatable bonds is 12. The molecule has 272 valence electrons. The third-order valence-electron chi connectivity index (χ3n) is 10.3. The molecule has 0 saturated carbocycles. The van der Waals surface area contributed by atoms with E-state index in [1.807, 2.05) is 12.1 Å². The number of unbranched alkanes of at least 4 members (excludes halogenated alkanes) is 2. The lowest BCUT2D eigenvalue weighted by Crippen LogP contribution is -2.30. The average molecular weight is 756 g/mol. The molecule has 54 heavy (non-hydrogen) atoms. The van der Waals surface area contributed by atoms with Gasteiger partial charge in [0.25, 0.3) is 17.7 Å². The third-order valence-corrected chi connectivity index (χ3v) is 12.4. The van der Waals surface area contributed by atoms with Gasteiger partial charge in [-0.25, -0.2) is 9.88 Å². The van der Waals surface area contributed by atoms with Crippen LogP contribution in [0.3, 0.4) is 0 Å². The highest BCUT2D eigenvalue weighted by atomic mass is 32.2. The molecular weight excluding hydrogens is 719 g/mol. The monoisotopic (exact) mass is 755 g/mol. The smallest absolute Gasteiger partial charge is 0.266 e. The van der Waals surface area contributed by atoms with E-state index < -0.39 is 24.0 Å². The van der Waals surface area contributed by atoms with Gasteiger partial charge in [0.1, 0.15) is 5.92 Å². The molecule has 0 spiro atoms. The number of aliphatic hydroxyl groups excluding tert-OH is 1. The Bertz CT molecular complexity index is 2410. The molecule has 8 rings (SSSR count). The van der Waals surface area contributed by atoms with Gasteiger partial charge in [-0.05, 0) is 84.5 Å². The molecule has 0 fully saturated rings. The summed E-state index contributed by atoms with van der Waals surface area (Å²) < 4.78 is 0. The second-order valence-electron chi connectivity index (χ2n) is 13.7. The summed E-state index contributed by atoms with van der Waals surface area (Å²) in [4.78, 5) is 78.5. The Morgan fingerprint density at radius 2 is 1.31 bits per heavy atom. The molecule has 1 aliphatic carbocycles. The van der Waals surface area contributed by atoms with Gasteiger partial charge in [0.15, 0.2) is 17.8 Å². The molecule has 2 aliphatic heterocycles. The summed E-state index contributed by atoms with van der Waals surface area (Å²) in [5.41, 5.74) is 3.41. The molecule has 11 heteroatoms. The molecule has 3 heterocycles. The Balaban J connectivity index is 1.20. The van der Waals surface area contributed by atoms with E-state index in [0.29, 0.717) is 38.8 Å². The third kappa shape index (κ3) is 6.04. The maximum absolute atomic E-state index is 14.1. The van der Waals surface area contributed by atoms with Gasteiger partial charge in [0.2, 0.25) is 0 Å². The van der Waals surface area contributed by atoms with Gasteiger partial charge in [0, 0.05) is 44.0 Å². The van der Waals surface area contributed by atoms with Crippen molar-refractivity contribution in [3.05, 3.63) is 130 Å². The number of carbonyl (C=O) groups is 5. The number of pyridine rings is 1. The van der Waals surface area contributed by atoms with Crippen molar-refractivity contribution >= 4 is 69.4 Å². The first-order valence-electron chi connectivity index (χ1n) is 18.2. The fraction of sp³-hybridized carbons (Fsp3) is 0.256. The second-order valence-corrected chi connectivity index (χ2v) is 16.0. The zero-order valence-electron chi connectivity index (χ0n) is 29.8. The van der Waals surface area contributed by atoms with Gasteiger partial charge in [-0.1, -0.05) is 57.0 Å². The normalized spacial score (nSPS) is 17.6. The number of aromatic nitrogens is 1. The van der Waals surface area contributed by atoms with Crippen LogP contribution >= 0.6 is 23.5 Å². The molecule has 3 amide bonds. The van der Waals surface area contributed by atoms with Gasteiger partial charge in [0.05, 0.1) is 28.0 Å². The molecule has 2 atom stereocenters. The number of hydrogen-bond acceptors (Lipinski definition) is 9. The Kier molecular flexibility index (Phi) is 9.72. The maximum atomic E-state index is 14.1. The Hall–Kier alpha value is -5.10. The molecule has 0 saturated heterocycles. The van der Waals surface area contributed by atoms with E-state index in [1.54, 1.807) is 96.3 Å². The Morgan fingerprint density at radius 1 is 0.667 bits per heavy atom. The van der Waals surface area contributed by atoms with Gasteiger partial charge < -0.3 is 10.0 Å². The fourth-order valence-electron chi connectivity index (χ4n) is 7.38. The minimum atomic E-state index is -1.20. The number of fused-ring (bicyclic) bond motifs is 4. The number of benzene rings is 4. The molecule has 9 nitrogen and oxygen atoms in total. The standard InChI is InChI=1S/C43H37N3O6S2/c1-3-5-19-53-25-12-14-28-32(21-25)39(48)36(38(28)47)34-17-16-27-24(23-45-40(49)29-9-7-8-10-30(29)41(45)50)11-18-35(37(27)44-34)46-42(51)31-15-13-26(54-20-6-4-2)22-33(31)43(46)52/h7-18,21-22,36,40,49H,3-6,19-20,23H2,1-2H3. The van der Waals surface area contributed by atoms with Crippen molar-refractivity contribution in [2.75, 3.05) is 16.4 Å². The number of thioether (sulfide) groups is 2. The summed E-state index contributed by atoms with van der Waals surface area (Å²) in [5.74, 6) is -1.45. The highest BCUT2D eigenvalue weighted by Gasteiger charge is 2.42. The van der Waals surface area contributed by atoms with E-state index in [9.17, 15) is 29.1 Å². The number of imide groups is 1. The van der Waals surface area contributed by atoms with Crippen molar-refractivity contribution in [2.24, 2.45) is 0 Å². The predicted molar refractivity (Wildman–Crippen MR) is 210 cm³/mol. The minimum absolute atomic E-state index is 0.00183. The van der Waals surface area contributed by atoms with Gasteiger partial charge in [-0.2, -0.15) is 0 Å². The number of amides is 3. The number of hydrogen-bond donors (Lipinski definition) is 1. The van der Waals surface area contributed by atoms with Crippen LogP contribution in [0.1, 0.15) is 120 Å². The molecule has 5 aromatic rings. The van der Waals surface area contributed by atoms with Crippen LogP contribution in [0, 0.1) is 0 Å². The average Bonchev–Trinajstić information content (AvgIpc) is 3.69. The maximum Gasteiger partial charge on any atom is 0.266 e. The van der Waals surface area contributed by atoms with Crippen LogP contribution in [0.15, 0.2) is 94.7 Å². The van der Waals surface area contributed by atoms with Crippen molar-refractivity contribution in [1.29, 1.82) is 0 Å². The zero-order valence-corrected chi connectivity index (χ0v) is 31.5. The van der Waals surface area contributed by atoms with Crippen LogP contribution in [-0.4, -0.2) is 55.8 Å². The van der Waals surface area contributed by atoms with E-state index >= 15 is 0 Å². The lowest BCUT2D eigenvalue weighted by molar-refractivity contribution is 0.0139. The number of nitrogens with zero attached hydrogens (tertiary/aromatic N) is 3. The van der Waals surface area contributed by atoms with Crippen LogP contribution in [0.25, 0.3) is 10.9 Å². The van der Waals surface area contributed by atoms with E-state index in [-0.39, 0.29) is 46.5 Å². The highest BCUT2D eigenvalue weighted by Crippen LogP contribution is 2.41. The predicted octanol–water partition coefficient (Wildman–Crippen LogP) is 8.63. The van der Waals surface area contributed by atoms with Gasteiger partial charge in [-0.15, -0.1) is 23.5 Å². The summed E-state index contributed by atoms with van der Waals surface area (Å²) >= 11 is 3.28. The van der Waals surface area contributed by atoms with Crippen molar-refractivity contribution in [3.8, 4) is 0 Å². The first kappa shape index (κ1) is 35.9. The van der Waals surface area contributed by atoms with Crippen molar-refractivity contribution in [1.82, 2.24) is 9.88 Å². The van der Waals surface area contributed by atoms with Crippen molar-refractivity contribution < 1.29 is 29.1 Å². The molecule has 0 radical (unpaired) electrons. The quantitative estimate of drug-likeness (QED) is 0.0577. The largest absolute Gasteiger partial charge is 0.369 e. The summed E-state index contributed by atoms with van der Waals surface area (Å²) in [5, 5.41) is 11.7. The van der Waals surface area contributed by atoms with Crippen LogP contribution in [-0.2, 0) is 6.54 Å². The number of aliphatic hydroxyl groups is 1. The summed E-state index contributed by atoms with van der Waals surface area (Å²) in [6.07, 6.45) is 2.98. The molecule has 1 aromatic heterocycles. The fourth-order valence-corrected chi connectivity index (χ4v) is 9.44. The Morgan fingerprint density at radius 3 is 2.02 bits per heavy atom. The lowest BCUT2D eigenvalue weighted by atomic mass is 9.97. The topological polar surface area (TPSA) is 125 Å². The first-order valence-corrected chi connectivity index (χ1v) is 20.2. The summed E-state index contributed by atoms with van der Waals surface area (Å²) in [7, 11) is 0. The number of Topliss-reactive ketones (excluding diaryl/α,β-unsaturated/α-hetero) is 2. The zero-order chi connectivity index (χ0) is 37.7. The summed E-state index contributed by atoms with van der Waals surface area (Å²) in [6.45, 7) is 4.23. The molecule has 2 unspecified atom stereocenters. The molecule has 4 aromatic carbocycles. The van der Waals surface area contributed by atoms with E-state index in [1.165, 1.54) is 4.90 Å².